The Labute approximate surface area is 176 Å². The maximum Gasteiger partial charge on any atom is 0.159 e. The van der Waals surface area contributed by atoms with E-state index in [2.05, 4.69) is 9.97 Å². The van der Waals surface area contributed by atoms with Crippen molar-refractivity contribution in [3.05, 3.63) is 75.6 Å². The fraction of sp³-hybridized carbons (Fsp3) is 0.238. The van der Waals surface area contributed by atoms with Gasteiger partial charge in [0.05, 0.1) is 61.9 Å². The monoisotopic (exact) mass is 423 g/mol. The lowest BCUT2D eigenvalue weighted by atomic mass is 10.2. The van der Waals surface area contributed by atoms with E-state index < -0.39 is 5.82 Å². The molecule has 0 spiro atoms. The van der Waals surface area contributed by atoms with Gasteiger partial charge >= 0.3 is 0 Å². The molecule has 1 aromatic carbocycles. The molecule has 0 bridgehead atoms. The Morgan fingerprint density at radius 2 is 1.97 bits per heavy atom. The van der Waals surface area contributed by atoms with E-state index in [0.717, 1.165) is 38.1 Å². The largest absolute Gasteiger partial charge is 0.497 e. The van der Waals surface area contributed by atoms with E-state index in [0.29, 0.717) is 32.0 Å². The number of fused-ring (bicyclic) bond motifs is 3. The Bertz CT molecular complexity index is 1170. The SMILES string of the molecule is COc1ccc(Cn2cc3c(n2)COCc2sc(Cc4ncc(F)cn4)nc2-3)cc1. The highest BCUT2D eigenvalue weighted by molar-refractivity contribution is 7.12. The van der Waals surface area contributed by atoms with Crippen LogP contribution in [0.5, 0.6) is 5.75 Å². The van der Waals surface area contributed by atoms with Gasteiger partial charge in [-0.1, -0.05) is 12.1 Å². The quantitative estimate of drug-likeness (QED) is 0.488. The fourth-order valence-corrected chi connectivity index (χ4v) is 4.37. The molecular weight excluding hydrogens is 405 g/mol. The van der Waals surface area contributed by atoms with Crippen LogP contribution in [0.4, 0.5) is 4.39 Å². The zero-order valence-corrected chi connectivity index (χ0v) is 17.0. The summed E-state index contributed by atoms with van der Waals surface area (Å²) in [5, 5.41) is 5.58. The van der Waals surface area contributed by atoms with Crippen LogP contribution >= 0.6 is 11.3 Å². The number of ether oxygens (including phenoxy) is 2. The average molecular weight is 423 g/mol. The first kappa shape index (κ1) is 18.8. The van der Waals surface area contributed by atoms with Crippen molar-refractivity contribution in [2.75, 3.05) is 7.11 Å². The second-order valence-electron chi connectivity index (χ2n) is 6.90. The number of hydrogen-bond acceptors (Lipinski definition) is 7. The van der Waals surface area contributed by atoms with Crippen molar-refractivity contribution in [2.45, 2.75) is 26.2 Å². The molecule has 4 heterocycles. The molecule has 9 heteroatoms. The van der Waals surface area contributed by atoms with Gasteiger partial charge in [0.2, 0.25) is 0 Å². The summed E-state index contributed by atoms with van der Waals surface area (Å²) in [6.45, 7) is 1.59. The first-order valence-corrected chi connectivity index (χ1v) is 10.2. The van der Waals surface area contributed by atoms with E-state index in [9.17, 15) is 4.39 Å². The van der Waals surface area contributed by atoms with E-state index in [1.54, 1.807) is 18.4 Å². The van der Waals surface area contributed by atoms with E-state index >= 15 is 0 Å². The number of halogens is 1. The van der Waals surface area contributed by atoms with Crippen molar-refractivity contribution >= 4 is 11.3 Å². The predicted octanol–water partition coefficient (Wildman–Crippen LogP) is 3.61. The van der Waals surface area contributed by atoms with Gasteiger partial charge in [-0.2, -0.15) is 5.10 Å². The molecule has 5 rings (SSSR count). The van der Waals surface area contributed by atoms with Crippen molar-refractivity contribution in [3.63, 3.8) is 0 Å². The molecule has 0 aliphatic carbocycles. The third-order valence-electron chi connectivity index (χ3n) is 4.79. The van der Waals surface area contributed by atoms with Gasteiger partial charge in [-0.15, -0.1) is 11.3 Å². The lowest BCUT2D eigenvalue weighted by Gasteiger charge is -2.04. The van der Waals surface area contributed by atoms with Crippen LogP contribution in [0.2, 0.25) is 0 Å². The van der Waals surface area contributed by atoms with E-state index in [4.69, 9.17) is 19.6 Å². The highest BCUT2D eigenvalue weighted by Gasteiger charge is 2.23. The molecule has 0 amide bonds. The van der Waals surface area contributed by atoms with Crippen LogP contribution in [0.3, 0.4) is 0 Å². The summed E-state index contributed by atoms with van der Waals surface area (Å²) in [4.78, 5) is 13.9. The van der Waals surface area contributed by atoms with Gasteiger partial charge in [-0.05, 0) is 17.7 Å². The summed E-state index contributed by atoms with van der Waals surface area (Å²) in [5.74, 6) is 0.917. The summed E-state index contributed by atoms with van der Waals surface area (Å²) in [6, 6.07) is 7.93. The molecule has 152 valence electrons. The Hall–Kier alpha value is -3.17. The van der Waals surface area contributed by atoms with Gasteiger partial charge < -0.3 is 9.47 Å². The summed E-state index contributed by atoms with van der Waals surface area (Å²) < 4.78 is 26.0. The minimum atomic E-state index is -0.448. The molecule has 0 unspecified atom stereocenters. The molecule has 4 aromatic rings. The minimum absolute atomic E-state index is 0.448. The Balaban J connectivity index is 1.41. The van der Waals surface area contributed by atoms with Crippen molar-refractivity contribution in [1.29, 1.82) is 0 Å². The molecular formula is C21H18FN5O2S. The number of nitrogens with zero attached hydrogens (tertiary/aromatic N) is 5. The summed E-state index contributed by atoms with van der Waals surface area (Å²) in [5.41, 5.74) is 3.88. The van der Waals surface area contributed by atoms with E-state index in [1.165, 1.54) is 12.4 Å². The number of benzene rings is 1. The zero-order chi connectivity index (χ0) is 20.5. The molecule has 30 heavy (non-hydrogen) atoms. The lowest BCUT2D eigenvalue weighted by Crippen LogP contribution is -2.02. The molecule has 0 fully saturated rings. The van der Waals surface area contributed by atoms with Crippen molar-refractivity contribution in [2.24, 2.45) is 0 Å². The average Bonchev–Trinajstić information content (AvgIpc) is 3.30. The van der Waals surface area contributed by atoms with E-state index in [1.807, 2.05) is 35.1 Å². The third kappa shape index (κ3) is 3.81. The van der Waals surface area contributed by atoms with Crippen LogP contribution in [-0.4, -0.2) is 31.8 Å². The molecule has 7 nitrogen and oxygen atoms in total. The number of rotatable bonds is 5. The highest BCUT2D eigenvalue weighted by Crippen LogP contribution is 2.34. The number of hydrogen-bond donors (Lipinski definition) is 0. The highest BCUT2D eigenvalue weighted by atomic mass is 32.1. The fourth-order valence-electron chi connectivity index (χ4n) is 3.36. The summed E-state index contributed by atoms with van der Waals surface area (Å²) in [6.07, 6.45) is 4.81. The molecule has 1 aliphatic heterocycles. The third-order valence-corrected chi connectivity index (χ3v) is 5.82. The Morgan fingerprint density at radius 3 is 2.73 bits per heavy atom. The molecule has 0 saturated heterocycles. The molecule has 0 N–H and O–H groups in total. The van der Waals surface area contributed by atoms with Gasteiger partial charge in [0.1, 0.15) is 16.6 Å². The summed E-state index contributed by atoms with van der Waals surface area (Å²) >= 11 is 1.57. The van der Waals surface area contributed by atoms with Gasteiger partial charge in [0.25, 0.3) is 0 Å². The molecule has 0 atom stereocenters. The topological polar surface area (TPSA) is 75.0 Å². The normalized spacial score (nSPS) is 12.9. The van der Waals surface area contributed by atoms with Crippen molar-refractivity contribution in [3.8, 4) is 17.0 Å². The van der Waals surface area contributed by atoms with Crippen LogP contribution in [0.25, 0.3) is 11.3 Å². The maximum absolute atomic E-state index is 13.0. The van der Waals surface area contributed by atoms with Crippen molar-refractivity contribution < 1.29 is 13.9 Å². The van der Waals surface area contributed by atoms with E-state index in [-0.39, 0.29) is 0 Å². The van der Waals surface area contributed by atoms with Crippen LogP contribution in [-0.2, 0) is 30.9 Å². The molecule has 1 aliphatic rings. The van der Waals surface area contributed by atoms with Gasteiger partial charge in [-0.3, -0.25) is 4.68 Å². The second kappa shape index (κ2) is 7.92. The summed E-state index contributed by atoms with van der Waals surface area (Å²) in [7, 11) is 1.65. The first-order chi connectivity index (χ1) is 14.7. The zero-order valence-electron chi connectivity index (χ0n) is 16.2. The van der Waals surface area contributed by atoms with Crippen LogP contribution in [0, 0.1) is 5.82 Å². The smallest absolute Gasteiger partial charge is 0.159 e. The standard InChI is InChI=1S/C21H18FN5O2S/c1-28-15-4-2-13(3-5-15)9-27-10-16-17(26-27)11-29-12-18-21(16)25-20(30-18)6-19-23-7-14(22)8-24-19/h2-5,7-8,10H,6,9,11-12H2,1H3. The van der Waals surface area contributed by atoms with Crippen LogP contribution < -0.4 is 4.74 Å². The van der Waals surface area contributed by atoms with Gasteiger partial charge in [-0.25, -0.2) is 19.3 Å². The van der Waals surface area contributed by atoms with Crippen molar-refractivity contribution in [1.82, 2.24) is 24.7 Å². The number of thiazole rings is 1. The number of aromatic nitrogens is 5. The predicted molar refractivity (Wildman–Crippen MR) is 109 cm³/mol. The van der Waals surface area contributed by atoms with Crippen LogP contribution in [0.1, 0.15) is 27.0 Å². The van der Waals surface area contributed by atoms with Gasteiger partial charge in [0.15, 0.2) is 5.82 Å². The molecule has 3 aromatic heterocycles. The second-order valence-corrected chi connectivity index (χ2v) is 8.07. The van der Waals surface area contributed by atoms with Crippen LogP contribution in [0.15, 0.2) is 42.9 Å². The Kier molecular flexibility index (Phi) is 4.97. The Morgan fingerprint density at radius 1 is 1.17 bits per heavy atom. The maximum atomic E-state index is 13.0. The van der Waals surface area contributed by atoms with Gasteiger partial charge in [0, 0.05) is 11.8 Å². The lowest BCUT2D eigenvalue weighted by molar-refractivity contribution is 0.108. The molecule has 0 saturated carbocycles. The molecule has 0 radical (unpaired) electrons. The minimum Gasteiger partial charge on any atom is -0.497 e. The number of methoxy groups -OCH3 is 1. The first-order valence-electron chi connectivity index (χ1n) is 9.40.